The highest BCUT2D eigenvalue weighted by molar-refractivity contribution is 7.09. The number of rotatable bonds is 4. The highest BCUT2D eigenvalue weighted by Crippen LogP contribution is 2.26. The summed E-state index contributed by atoms with van der Waals surface area (Å²) in [6.07, 6.45) is 2.83. The molecule has 2 aromatic rings. The lowest BCUT2D eigenvalue weighted by atomic mass is 10.0. The van der Waals surface area contributed by atoms with E-state index in [9.17, 15) is 0 Å². The van der Waals surface area contributed by atoms with Crippen LogP contribution in [0.2, 0.25) is 5.02 Å². The molecule has 0 aliphatic heterocycles. The number of aromatic nitrogens is 1. The first-order valence-electron chi connectivity index (χ1n) is 5.10. The van der Waals surface area contributed by atoms with Crippen LogP contribution in [0.25, 0.3) is 0 Å². The lowest BCUT2D eigenvalue weighted by Crippen LogP contribution is -2.18. The summed E-state index contributed by atoms with van der Waals surface area (Å²) in [5, 5.41) is 4.10. The average Bonchev–Trinajstić information content (AvgIpc) is 2.80. The Morgan fingerprint density at radius 1 is 1.44 bits per heavy atom. The van der Waals surface area contributed by atoms with Crippen LogP contribution in [0.15, 0.2) is 36.0 Å². The Morgan fingerprint density at radius 3 is 2.88 bits per heavy atom. The second-order valence-corrected chi connectivity index (χ2v) is 4.91. The third-order valence-electron chi connectivity index (χ3n) is 2.52. The first-order valence-corrected chi connectivity index (χ1v) is 6.36. The molecule has 1 N–H and O–H groups in total. The largest absolute Gasteiger partial charge is 0.313 e. The van der Waals surface area contributed by atoms with Crippen molar-refractivity contribution in [3.05, 3.63) is 51.4 Å². The second kappa shape index (κ2) is 5.43. The summed E-state index contributed by atoms with van der Waals surface area (Å²) >= 11 is 7.86. The smallest absolute Gasteiger partial charge is 0.0794 e. The van der Waals surface area contributed by atoms with Crippen molar-refractivity contribution in [3.8, 4) is 0 Å². The summed E-state index contributed by atoms with van der Waals surface area (Å²) in [5.74, 6) is 0. The molecule has 1 unspecified atom stereocenters. The van der Waals surface area contributed by atoms with Crippen LogP contribution in [-0.2, 0) is 6.42 Å². The quantitative estimate of drug-likeness (QED) is 0.903. The number of hydrogen-bond acceptors (Lipinski definition) is 3. The van der Waals surface area contributed by atoms with Crippen LogP contribution in [0.1, 0.15) is 16.5 Å². The normalized spacial score (nSPS) is 12.6. The van der Waals surface area contributed by atoms with Crippen molar-refractivity contribution in [3.63, 3.8) is 0 Å². The molecule has 84 valence electrons. The van der Waals surface area contributed by atoms with E-state index in [1.165, 1.54) is 4.88 Å². The Bertz CT molecular complexity index is 442. The number of nitrogens with one attached hydrogen (secondary N) is 1. The number of nitrogens with zero attached hydrogens (tertiary/aromatic N) is 1. The van der Waals surface area contributed by atoms with Crippen LogP contribution in [0.3, 0.4) is 0 Å². The summed E-state index contributed by atoms with van der Waals surface area (Å²) in [6, 6.07) is 8.19. The molecule has 0 fully saturated rings. The Morgan fingerprint density at radius 2 is 2.25 bits per heavy atom. The molecule has 1 atom stereocenters. The first-order chi connectivity index (χ1) is 7.81. The Labute approximate surface area is 104 Å². The Hall–Kier alpha value is -0.900. The monoisotopic (exact) mass is 252 g/mol. The van der Waals surface area contributed by atoms with Crippen LogP contribution < -0.4 is 5.32 Å². The lowest BCUT2D eigenvalue weighted by molar-refractivity contribution is 0.596. The van der Waals surface area contributed by atoms with Gasteiger partial charge in [-0.1, -0.05) is 29.8 Å². The van der Waals surface area contributed by atoms with E-state index in [-0.39, 0.29) is 6.04 Å². The van der Waals surface area contributed by atoms with Gasteiger partial charge in [-0.25, -0.2) is 0 Å². The third-order valence-corrected chi connectivity index (χ3v) is 3.66. The molecule has 0 bridgehead atoms. The molecule has 0 spiro atoms. The first kappa shape index (κ1) is 11.6. The Kier molecular flexibility index (Phi) is 3.93. The maximum Gasteiger partial charge on any atom is 0.0794 e. The molecule has 4 heteroatoms. The molecule has 0 amide bonds. The van der Waals surface area contributed by atoms with E-state index < -0.39 is 0 Å². The molecule has 2 nitrogen and oxygen atoms in total. The minimum Gasteiger partial charge on any atom is -0.313 e. The van der Waals surface area contributed by atoms with Gasteiger partial charge in [-0.2, -0.15) is 0 Å². The van der Waals surface area contributed by atoms with Crippen molar-refractivity contribution in [2.75, 3.05) is 7.05 Å². The van der Waals surface area contributed by atoms with Crippen LogP contribution in [0.4, 0.5) is 0 Å². The van der Waals surface area contributed by atoms with Gasteiger partial charge in [0.05, 0.1) is 5.51 Å². The van der Waals surface area contributed by atoms with Gasteiger partial charge in [0.2, 0.25) is 0 Å². The van der Waals surface area contributed by atoms with Crippen LogP contribution in [-0.4, -0.2) is 12.0 Å². The minimum atomic E-state index is 0.245. The lowest BCUT2D eigenvalue weighted by Gasteiger charge is -2.16. The SMILES string of the molecule is CNC(Cc1cncs1)c1ccccc1Cl. The van der Waals surface area contributed by atoms with Crippen molar-refractivity contribution in [2.24, 2.45) is 0 Å². The van der Waals surface area contributed by atoms with Crippen molar-refractivity contribution < 1.29 is 0 Å². The maximum atomic E-state index is 6.19. The van der Waals surface area contributed by atoms with Gasteiger partial charge in [0.25, 0.3) is 0 Å². The van der Waals surface area contributed by atoms with Gasteiger partial charge in [0.1, 0.15) is 0 Å². The molecule has 1 aromatic heterocycles. The average molecular weight is 253 g/mol. The fraction of sp³-hybridized carbons (Fsp3) is 0.250. The zero-order chi connectivity index (χ0) is 11.4. The van der Waals surface area contributed by atoms with Gasteiger partial charge >= 0.3 is 0 Å². The minimum absolute atomic E-state index is 0.245. The highest BCUT2D eigenvalue weighted by atomic mass is 35.5. The number of halogens is 1. The summed E-state index contributed by atoms with van der Waals surface area (Å²) < 4.78 is 0. The zero-order valence-electron chi connectivity index (χ0n) is 8.98. The number of likely N-dealkylation sites (N-methyl/N-ethyl adjacent to an activating group) is 1. The van der Waals surface area contributed by atoms with E-state index in [0.29, 0.717) is 0 Å². The van der Waals surface area contributed by atoms with Crippen molar-refractivity contribution in [1.29, 1.82) is 0 Å². The van der Waals surface area contributed by atoms with Gasteiger partial charge in [-0.3, -0.25) is 4.98 Å². The van der Waals surface area contributed by atoms with Crippen LogP contribution in [0, 0.1) is 0 Å². The van der Waals surface area contributed by atoms with E-state index in [0.717, 1.165) is 17.0 Å². The van der Waals surface area contributed by atoms with E-state index >= 15 is 0 Å². The van der Waals surface area contributed by atoms with Gasteiger partial charge in [0, 0.05) is 28.6 Å². The summed E-state index contributed by atoms with van der Waals surface area (Å²) in [5.41, 5.74) is 2.99. The molecule has 1 heterocycles. The van der Waals surface area contributed by atoms with E-state index in [4.69, 9.17) is 11.6 Å². The maximum absolute atomic E-state index is 6.19. The predicted octanol–water partition coefficient (Wildman–Crippen LogP) is 3.30. The molecule has 0 radical (unpaired) electrons. The van der Waals surface area contributed by atoms with E-state index in [2.05, 4.69) is 16.4 Å². The van der Waals surface area contributed by atoms with Gasteiger partial charge < -0.3 is 5.32 Å². The molecular formula is C12H13ClN2S. The molecule has 0 aliphatic carbocycles. The highest BCUT2D eigenvalue weighted by Gasteiger charge is 2.13. The fourth-order valence-corrected chi connectivity index (χ4v) is 2.58. The van der Waals surface area contributed by atoms with Gasteiger partial charge in [-0.05, 0) is 18.7 Å². The summed E-state index contributed by atoms with van der Waals surface area (Å²) in [6.45, 7) is 0. The topological polar surface area (TPSA) is 24.9 Å². The standard InChI is InChI=1S/C12H13ClN2S/c1-14-12(6-9-7-15-8-16-9)10-4-2-3-5-11(10)13/h2-5,7-8,12,14H,6H2,1H3. The third kappa shape index (κ3) is 2.61. The molecule has 2 rings (SSSR count). The molecule has 0 saturated carbocycles. The van der Waals surface area contributed by atoms with E-state index in [1.807, 2.05) is 37.0 Å². The van der Waals surface area contributed by atoms with Gasteiger partial charge in [-0.15, -0.1) is 11.3 Å². The predicted molar refractivity (Wildman–Crippen MR) is 69.1 cm³/mol. The van der Waals surface area contributed by atoms with Crippen molar-refractivity contribution in [2.45, 2.75) is 12.5 Å². The Balaban J connectivity index is 2.20. The number of benzene rings is 1. The second-order valence-electron chi connectivity index (χ2n) is 3.53. The van der Waals surface area contributed by atoms with Crippen molar-refractivity contribution in [1.82, 2.24) is 10.3 Å². The van der Waals surface area contributed by atoms with Crippen LogP contribution in [0.5, 0.6) is 0 Å². The molecule has 1 aromatic carbocycles. The number of thiazole rings is 1. The number of hydrogen-bond donors (Lipinski definition) is 1. The molecule has 16 heavy (non-hydrogen) atoms. The van der Waals surface area contributed by atoms with E-state index in [1.54, 1.807) is 11.3 Å². The van der Waals surface area contributed by atoms with Crippen molar-refractivity contribution >= 4 is 22.9 Å². The molecular weight excluding hydrogens is 240 g/mol. The summed E-state index contributed by atoms with van der Waals surface area (Å²) in [7, 11) is 1.95. The zero-order valence-corrected chi connectivity index (χ0v) is 10.6. The molecule has 0 aliphatic rings. The van der Waals surface area contributed by atoms with Gasteiger partial charge in [0.15, 0.2) is 0 Å². The fourth-order valence-electron chi connectivity index (χ4n) is 1.67. The molecule has 0 saturated heterocycles. The van der Waals surface area contributed by atoms with Crippen LogP contribution >= 0.6 is 22.9 Å². The summed E-state index contributed by atoms with van der Waals surface area (Å²) in [4.78, 5) is 5.35.